The maximum absolute atomic E-state index is 11.2. The summed E-state index contributed by atoms with van der Waals surface area (Å²) in [7, 11) is 3.46. The number of hydrogen-bond donors (Lipinski definition) is 1. The van der Waals surface area contributed by atoms with Crippen molar-refractivity contribution in [3.05, 3.63) is 40.0 Å². The molecule has 1 aromatic carbocycles. The first-order valence-electron chi connectivity index (χ1n) is 6.06. The van der Waals surface area contributed by atoms with E-state index in [0.717, 1.165) is 12.3 Å². The van der Waals surface area contributed by atoms with Crippen LogP contribution in [0.25, 0.3) is 0 Å². The summed E-state index contributed by atoms with van der Waals surface area (Å²) in [6.45, 7) is 2.01. The smallest absolute Gasteiger partial charge is 0.245 e. The standard InChI is InChI=1S/C14H19IN2O2/c1-17(2)14(18)4-3-9-16-10-11-19-13-7-5-12(15)6-8-13/h3-8,16H,9-11H2,1-2H3. The Hall–Kier alpha value is -1.08. The Bertz CT molecular complexity index is 416. The quantitative estimate of drug-likeness (QED) is 0.451. The number of carbonyl (C=O) groups excluding carboxylic acids is 1. The fourth-order valence-electron chi connectivity index (χ4n) is 1.27. The SMILES string of the molecule is CN(C)C(=O)C=CCNCCOc1ccc(I)cc1. The lowest BCUT2D eigenvalue weighted by Gasteiger charge is -2.07. The van der Waals surface area contributed by atoms with E-state index in [1.54, 1.807) is 20.2 Å². The molecule has 19 heavy (non-hydrogen) atoms. The molecular formula is C14H19IN2O2. The maximum atomic E-state index is 11.2. The van der Waals surface area contributed by atoms with Crippen molar-refractivity contribution in [2.75, 3.05) is 33.8 Å². The summed E-state index contributed by atoms with van der Waals surface area (Å²) >= 11 is 2.26. The lowest BCUT2D eigenvalue weighted by atomic mass is 10.3. The fourth-order valence-corrected chi connectivity index (χ4v) is 1.63. The minimum Gasteiger partial charge on any atom is -0.492 e. The Morgan fingerprint density at radius 2 is 2.05 bits per heavy atom. The lowest BCUT2D eigenvalue weighted by Crippen LogP contribution is -2.22. The van der Waals surface area contributed by atoms with Crippen molar-refractivity contribution in [2.24, 2.45) is 0 Å². The second-order valence-corrected chi connectivity index (χ2v) is 5.39. The van der Waals surface area contributed by atoms with E-state index in [2.05, 4.69) is 27.9 Å². The monoisotopic (exact) mass is 374 g/mol. The zero-order valence-electron chi connectivity index (χ0n) is 11.2. The van der Waals surface area contributed by atoms with Crippen LogP contribution in [0, 0.1) is 3.57 Å². The minimum absolute atomic E-state index is 0.00283. The molecule has 0 saturated carbocycles. The van der Waals surface area contributed by atoms with Crippen LogP contribution < -0.4 is 10.1 Å². The molecule has 5 heteroatoms. The third-order valence-electron chi connectivity index (χ3n) is 2.32. The summed E-state index contributed by atoms with van der Waals surface area (Å²) in [5.41, 5.74) is 0. The summed E-state index contributed by atoms with van der Waals surface area (Å²) in [6.07, 6.45) is 3.38. The number of carbonyl (C=O) groups is 1. The molecule has 0 heterocycles. The molecule has 0 spiro atoms. The Balaban J connectivity index is 2.08. The second kappa shape index (κ2) is 8.92. The van der Waals surface area contributed by atoms with Gasteiger partial charge < -0.3 is 15.0 Å². The molecule has 0 bridgehead atoms. The lowest BCUT2D eigenvalue weighted by molar-refractivity contribution is -0.123. The minimum atomic E-state index is -0.00283. The molecule has 0 unspecified atom stereocenters. The van der Waals surface area contributed by atoms with Crippen LogP contribution in [0.5, 0.6) is 5.75 Å². The van der Waals surface area contributed by atoms with Gasteiger partial charge in [0.15, 0.2) is 0 Å². The molecule has 0 saturated heterocycles. The molecule has 0 radical (unpaired) electrons. The van der Waals surface area contributed by atoms with Gasteiger partial charge in [-0.15, -0.1) is 0 Å². The van der Waals surface area contributed by atoms with E-state index < -0.39 is 0 Å². The summed E-state index contributed by atoms with van der Waals surface area (Å²) in [5.74, 6) is 0.873. The second-order valence-electron chi connectivity index (χ2n) is 4.14. The van der Waals surface area contributed by atoms with Crippen molar-refractivity contribution >= 4 is 28.5 Å². The number of ether oxygens (including phenoxy) is 1. The van der Waals surface area contributed by atoms with E-state index in [4.69, 9.17) is 4.74 Å². The topological polar surface area (TPSA) is 41.6 Å². The zero-order valence-corrected chi connectivity index (χ0v) is 13.4. The van der Waals surface area contributed by atoms with Gasteiger partial charge in [0.25, 0.3) is 0 Å². The molecule has 1 rings (SSSR count). The number of benzene rings is 1. The molecule has 104 valence electrons. The van der Waals surface area contributed by atoms with Crippen molar-refractivity contribution in [1.29, 1.82) is 0 Å². The summed E-state index contributed by atoms with van der Waals surface area (Å²) < 4.78 is 6.76. The van der Waals surface area contributed by atoms with E-state index in [1.807, 2.05) is 30.3 Å². The number of halogens is 1. The highest BCUT2D eigenvalue weighted by Crippen LogP contribution is 2.12. The molecule has 1 N–H and O–H groups in total. The van der Waals surface area contributed by atoms with E-state index in [9.17, 15) is 4.79 Å². The number of nitrogens with one attached hydrogen (secondary N) is 1. The number of likely N-dealkylation sites (N-methyl/N-ethyl adjacent to an activating group) is 1. The average molecular weight is 374 g/mol. The molecule has 1 amide bonds. The molecule has 0 aliphatic rings. The fraction of sp³-hybridized carbons (Fsp3) is 0.357. The molecule has 0 atom stereocenters. The van der Waals surface area contributed by atoms with Gasteiger partial charge in [-0.1, -0.05) is 6.08 Å². The predicted octanol–water partition coefficient (Wildman–Crippen LogP) is 1.90. The third-order valence-corrected chi connectivity index (χ3v) is 3.04. The van der Waals surface area contributed by atoms with Crippen LogP contribution in [0.2, 0.25) is 0 Å². The highest BCUT2D eigenvalue weighted by Gasteiger charge is 1.96. The largest absolute Gasteiger partial charge is 0.492 e. The summed E-state index contributed by atoms with van der Waals surface area (Å²) in [5, 5.41) is 3.18. The van der Waals surface area contributed by atoms with Crippen LogP contribution >= 0.6 is 22.6 Å². The molecule has 1 aromatic rings. The van der Waals surface area contributed by atoms with Gasteiger partial charge >= 0.3 is 0 Å². The first kappa shape index (κ1) is 16.0. The van der Waals surface area contributed by atoms with Crippen LogP contribution in [0.4, 0.5) is 0 Å². The van der Waals surface area contributed by atoms with Crippen LogP contribution in [0.3, 0.4) is 0 Å². The Labute approximate surface area is 128 Å². The molecule has 0 fully saturated rings. The maximum Gasteiger partial charge on any atom is 0.245 e. The van der Waals surface area contributed by atoms with E-state index >= 15 is 0 Å². The Morgan fingerprint density at radius 3 is 2.68 bits per heavy atom. The van der Waals surface area contributed by atoms with E-state index in [0.29, 0.717) is 13.2 Å². The number of rotatable bonds is 7. The average Bonchev–Trinajstić information content (AvgIpc) is 2.39. The van der Waals surface area contributed by atoms with Gasteiger partial charge in [-0.05, 0) is 46.9 Å². The first-order valence-corrected chi connectivity index (χ1v) is 7.14. The van der Waals surface area contributed by atoms with E-state index in [1.165, 1.54) is 8.47 Å². The van der Waals surface area contributed by atoms with Gasteiger partial charge in [0.1, 0.15) is 12.4 Å². The van der Waals surface area contributed by atoms with Crippen LogP contribution in [0.15, 0.2) is 36.4 Å². The van der Waals surface area contributed by atoms with Crippen LogP contribution in [-0.2, 0) is 4.79 Å². The van der Waals surface area contributed by atoms with Crippen LogP contribution in [-0.4, -0.2) is 44.6 Å². The van der Waals surface area contributed by atoms with Crippen molar-refractivity contribution < 1.29 is 9.53 Å². The van der Waals surface area contributed by atoms with E-state index in [-0.39, 0.29) is 5.91 Å². The van der Waals surface area contributed by atoms with Crippen LogP contribution in [0.1, 0.15) is 0 Å². The van der Waals surface area contributed by atoms with Gasteiger partial charge in [-0.3, -0.25) is 4.79 Å². The normalized spacial score (nSPS) is 10.7. The van der Waals surface area contributed by atoms with Crippen molar-refractivity contribution in [2.45, 2.75) is 0 Å². The highest BCUT2D eigenvalue weighted by atomic mass is 127. The Morgan fingerprint density at radius 1 is 1.37 bits per heavy atom. The Kier molecular flexibility index (Phi) is 7.50. The molecule has 0 aliphatic heterocycles. The highest BCUT2D eigenvalue weighted by molar-refractivity contribution is 14.1. The van der Waals surface area contributed by atoms with Gasteiger partial charge in [-0.25, -0.2) is 0 Å². The van der Waals surface area contributed by atoms with Gasteiger partial charge in [0.05, 0.1) is 0 Å². The van der Waals surface area contributed by atoms with Crippen molar-refractivity contribution in [1.82, 2.24) is 10.2 Å². The number of nitrogens with zero attached hydrogens (tertiary/aromatic N) is 1. The number of amides is 1. The van der Waals surface area contributed by atoms with Crippen molar-refractivity contribution in [3.8, 4) is 5.75 Å². The zero-order chi connectivity index (χ0) is 14.1. The molecule has 0 aromatic heterocycles. The molecule has 4 nitrogen and oxygen atoms in total. The summed E-state index contributed by atoms with van der Waals surface area (Å²) in [6, 6.07) is 7.94. The van der Waals surface area contributed by atoms with Gasteiger partial charge in [0, 0.05) is 36.8 Å². The molecule has 0 aliphatic carbocycles. The van der Waals surface area contributed by atoms with Gasteiger partial charge in [-0.2, -0.15) is 0 Å². The molecular weight excluding hydrogens is 355 g/mol. The van der Waals surface area contributed by atoms with Gasteiger partial charge in [0.2, 0.25) is 5.91 Å². The van der Waals surface area contributed by atoms with Crippen molar-refractivity contribution in [3.63, 3.8) is 0 Å². The summed E-state index contributed by atoms with van der Waals surface area (Å²) in [4.78, 5) is 12.8. The predicted molar refractivity (Wildman–Crippen MR) is 85.4 cm³/mol. The first-order chi connectivity index (χ1) is 9.09. The third kappa shape index (κ3) is 7.17. The number of hydrogen-bond acceptors (Lipinski definition) is 3.